The highest BCUT2D eigenvalue weighted by atomic mass is 35.5. The number of hydrogen-bond acceptors (Lipinski definition) is 0. The summed E-state index contributed by atoms with van der Waals surface area (Å²) >= 11 is 5.90. The molecular weight excluding hydrogens is 223 g/mol. The highest BCUT2D eigenvalue weighted by Gasteiger charge is 2.38. The van der Waals surface area contributed by atoms with E-state index in [2.05, 4.69) is 20.8 Å². The van der Waals surface area contributed by atoms with Gasteiger partial charge in [0.2, 0.25) is 0 Å². The molecule has 1 aromatic carbocycles. The summed E-state index contributed by atoms with van der Waals surface area (Å²) in [6.45, 7) is 6.76. The fourth-order valence-electron chi connectivity index (χ4n) is 2.41. The van der Waals surface area contributed by atoms with Crippen LogP contribution in [-0.4, -0.2) is 0 Å². The summed E-state index contributed by atoms with van der Waals surface area (Å²) in [6.07, 6.45) is 2.17. The number of rotatable bonds is 1. The van der Waals surface area contributed by atoms with Crippen LogP contribution in [0.5, 0.6) is 0 Å². The van der Waals surface area contributed by atoms with Crippen LogP contribution in [0.1, 0.15) is 45.1 Å². The van der Waals surface area contributed by atoms with Crippen molar-refractivity contribution in [2.24, 2.45) is 11.3 Å². The van der Waals surface area contributed by atoms with Gasteiger partial charge in [-0.05, 0) is 53.9 Å². The molecule has 0 spiro atoms. The largest absolute Gasteiger partial charge is 0.207 e. The van der Waals surface area contributed by atoms with Gasteiger partial charge in [0.05, 0.1) is 0 Å². The molecule has 0 saturated heterocycles. The normalized spacial score (nSPS) is 25.3. The minimum atomic E-state index is -0.109. The molecule has 0 amide bonds. The molecule has 1 aliphatic rings. The Labute approximate surface area is 102 Å². The van der Waals surface area contributed by atoms with Crippen molar-refractivity contribution in [2.75, 3.05) is 0 Å². The van der Waals surface area contributed by atoms with Gasteiger partial charge in [-0.15, -0.1) is 0 Å². The van der Waals surface area contributed by atoms with Gasteiger partial charge >= 0.3 is 0 Å². The number of benzene rings is 1. The maximum absolute atomic E-state index is 13.6. The van der Waals surface area contributed by atoms with Gasteiger partial charge in [-0.1, -0.05) is 32.4 Å². The second-order valence-corrected chi connectivity index (χ2v) is 6.33. The van der Waals surface area contributed by atoms with Crippen molar-refractivity contribution in [3.05, 3.63) is 34.6 Å². The Morgan fingerprint density at radius 1 is 1.25 bits per heavy atom. The van der Waals surface area contributed by atoms with E-state index in [1.54, 1.807) is 12.1 Å². The molecule has 1 saturated carbocycles. The molecule has 2 heteroatoms. The van der Waals surface area contributed by atoms with Gasteiger partial charge in [-0.3, -0.25) is 0 Å². The summed E-state index contributed by atoms with van der Waals surface area (Å²) in [7, 11) is 0. The Morgan fingerprint density at radius 2 is 1.88 bits per heavy atom. The smallest absolute Gasteiger partial charge is 0.126 e. The Balaban J connectivity index is 2.09. The Hall–Kier alpha value is -0.560. The van der Waals surface area contributed by atoms with Gasteiger partial charge in [-0.2, -0.15) is 0 Å². The fourth-order valence-corrected chi connectivity index (χ4v) is 2.59. The maximum Gasteiger partial charge on any atom is 0.126 e. The van der Waals surface area contributed by atoms with E-state index in [1.807, 2.05) is 0 Å². The number of halogens is 2. The first-order valence-corrected chi connectivity index (χ1v) is 6.20. The third kappa shape index (κ3) is 2.24. The molecule has 0 nitrogen and oxygen atoms in total. The first-order chi connectivity index (χ1) is 7.38. The third-order valence-electron chi connectivity index (χ3n) is 3.76. The molecule has 1 aliphatic carbocycles. The van der Waals surface area contributed by atoms with Crippen molar-refractivity contribution in [2.45, 2.75) is 39.5 Å². The van der Waals surface area contributed by atoms with E-state index < -0.39 is 0 Å². The van der Waals surface area contributed by atoms with Crippen LogP contribution in [0.2, 0.25) is 5.02 Å². The van der Waals surface area contributed by atoms with Crippen molar-refractivity contribution in [3.8, 4) is 0 Å². The van der Waals surface area contributed by atoms with Crippen molar-refractivity contribution in [3.63, 3.8) is 0 Å². The molecule has 0 aliphatic heterocycles. The monoisotopic (exact) mass is 240 g/mol. The molecule has 88 valence electrons. The molecule has 0 atom stereocenters. The van der Waals surface area contributed by atoms with E-state index in [0.717, 1.165) is 18.4 Å². The van der Waals surface area contributed by atoms with E-state index in [1.165, 1.54) is 6.07 Å². The molecule has 1 aromatic rings. The summed E-state index contributed by atoms with van der Waals surface area (Å²) < 4.78 is 13.6. The van der Waals surface area contributed by atoms with Crippen molar-refractivity contribution < 1.29 is 4.39 Å². The van der Waals surface area contributed by atoms with E-state index >= 15 is 0 Å². The average molecular weight is 241 g/mol. The van der Waals surface area contributed by atoms with E-state index in [4.69, 9.17) is 11.6 Å². The molecule has 2 rings (SSSR count). The zero-order valence-electron chi connectivity index (χ0n) is 10.1. The molecule has 0 heterocycles. The van der Waals surface area contributed by atoms with Crippen LogP contribution < -0.4 is 0 Å². The van der Waals surface area contributed by atoms with Crippen molar-refractivity contribution in [1.82, 2.24) is 0 Å². The van der Waals surface area contributed by atoms with Gasteiger partial charge in [-0.25, -0.2) is 4.39 Å². The number of hydrogen-bond donors (Lipinski definition) is 0. The van der Waals surface area contributed by atoms with Gasteiger partial charge in [0, 0.05) is 5.02 Å². The van der Waals surface area contributed by atoms with Crippen molar-refractivity contribution in [1.29, 1.82) is 0 Å². The SMILES string of the molecule is CC(C)(C)C1CC(c2cc(Cl)ccc2F)C1. The van der Waals surface area contributed by atoms with Gasteiger partial charge < -0.3 is 0 Å². The maximum atomic E-state index is 13.6. The van der Waals surface area contributed by atoms with Crippen LogP contribution in [0.3, 0.4) is 0 Å². The minimum Gasteiger partial charge on any atom is -0.207 e. The summed E-state index contributed by atoms with van der Waals surface area (Å²) in [5.74, 6) is 0.959. The zero-order chi connectivity index (χ0) is 11.9. The van der Waals surface area contributed by atoms with Gasteiger partial charge in [0.25, 0.3) is 0 Å². The minimum absolute atomic E-state index is 0.109. The van der Waals surface area contributed by atoms with Crippen LogP contribution in [0.15, 0.2) is 18.2 Å². The molecule has 0 aromatic heterocycles. The molecule has 16 heavy (non-hydrogen) atoms. The van der Waals surface area contributed by atoms with Crippen LogP contribution in [0, 0.1) is 17.2 Å². The molecule has 0 radical (unpaired) electrons. The summed E-state index contributed by atoms with van der Waals surface area (Å²) in [5.41, 5.74) is 1.14. The summed E-state index contributed by atoms with van der Waals surface area (Å²) in [4.78, 5) is 0. The Kier molecular flexibility index (Phi) is 3.00. The molecule has 1 fully saturated rings. The quantitative estimate of drug-likeness (QED) is 0.647. The van der Waals surface area contributed by atoms with Gasteiger partial charge in [0.1, 0.15) is 5.82 Å². The van der Waals surface area contributed by atoms with Crippen LogP contribution in [-0.2, 0) is 0 Å². The first kappa shape index (κ1) is 11.9. The molecule has 0 bridgehead atoms. The van der Waals surface area contributed by atoms with Crippen LogP contribution in [0.25, 0.3) is 0 Å². The summed E-state index contributed by atoms with van der Waals surface area (Å²) in [6, 6.07) is 4.86. The Morgan fingerprint density at radius 3 is 2.44 bits per heavy atom. The van der Waals surface area contributed by atoms with E-state index in [9.17, 15) is 4.39 Å². The lowest BCUT2D eigenvalue weighted by Crippen LogP contribution is -2.33. The van der Waals surface area contributed by atoms with E-state index in [0.29, 0.717) is 22.3 Å². The predicted octanol–water partition coefficient (Wildman–Crippen LogP) is 5.02. The standard InChI is InChI=1S/C14H18ClF/c1-14(2,3)10-6-9(7-10)12-8-11(15)4-5-13(12)16/h4-5,8-10H,6-7H2,1-3H3. The van der Waals surface area contributed by atoms with Crippen molar-refractivity contribution >= 4 is 11.6 Å². The fraction of sp³-hybridized carbons (Fsp3) is 0.571. The van der Waals surface area contributed by atoms with Gasteiger partial charge in [0.15, 0.2) is 0 Å². The first-order valence-electron chi connectivity index (χ1n) is 5.83. The third-order valence-corrected chi connectivity index (χ3v) is 4.00. The lowest BCUT2D eigenvalue weighted by atomic mass is 9.61. The molecular formula is C14H18ClF. The highest BCUT2D eigenvalue weighted by molar-refractivity contribution is 6.30. The summed E-state index contributed by atoms with van der Waals surface area (Å²) in [5, 5.41) is 0.635. The Bertz CT molecular complexity index is 386. The van der Waals surface area contributed by atoms with E-state index in [-0.39, 0.29) is 5.82 Å². The lowest BCUT2D eigenvalue weighted by molar-refractivity contribution is 0.113. The zero-order valence-corrected chi connectivity index (χ0v) is 10.8. The topological polar surface area (TPSA) is 0 Å². The average Bonchev–Trinajstić information content (AvgIpc) is 2.06. The highest BCUT2D eigenvalue weighted by Crippen LogP contribution is 2.50. The second-order valence-electron chi connectivity index (χ2n) is 5.90. The lowest BCUT2D eigenvalue weighted by Gasteiger charge is -2.44. The molecule has 0 unspecified atom stereocenters. The second kappa shape index (κ2) is 4.03. The van der Waals surface area contributed by atoms with Crippen LogP contribution >= 0.6 is 11.6 Å². The predicted molar refractivity (Wildman–Crippen MR) is 66.3 cm³/mol. The van der Waals surface area contributed by atoms with Crippen LogP contribution in [0.4, 0.5) is 4.39 Å². The molecule has 0 N–H and O–H groups in total.